The van der Waals surface area contributed by atoms with Gasteiger partial charge in [0.05, 0.1) is 4.88 Å². The van der Waals surface area contributed by atoms with E-state index in [4.69, 9.17) is 11.6 Å². The van der Waals surface area contributed by atoms with Crippen LogP contribution < -0.4 is 0 Å². The van der Waals surface area contributed by atoms with E-state index in [-0.39, 0.29) is 18.0 Å². The van der Waals surface area contributed by atoms with Crippen LogP contribution in [0.2, 0.25) is 5.02 Å². The molecule has 3 rings (SSSR count). The van der Waals surface area contributed by atoms with E-state index < -0.39 is 0 Å². The Labute approximate surface area is 130 Å². The number of fused-ring (bicyclic) bond motifs is 1. The largest absolute Gasteiger partial charge is 0.293 e. The van der Waals surface area contributed by atoms with Crippen LogP contribution >= 0.6 is 34.7 Å². The predicted molar refractivity (Wildman–Crippen MR) is 83.6 cm³/mol. The van der Waals surface area contributed by atoms with E-state index >= 15 is 0 Å². The fraction of sp³-hybridized carbons (Fsp3) is 0.267. The second kappa shape index (κ2) is 5.88. The number of ketones is 1. The minimum atomic E-state index is -0.362. The van der Waals surface area contributed by atoms with E-state index in [1.165, 1.54) is 28.6 Å². The van der Waals surface area contributed by atoms with E-state index in [0.29, 0.717) is 10.6 Å². The van der Waals surface area contributed by atoms with Crippen LogP contribution in [0.25, 0.3) is 0 Å². The summed E-state index contributed by atoms with van der Waals surface area (Å²) < 4.78 is 13.2. The molecule has 0 saturated heterocycles. The van der Waals surface area contributed by atoms with Crippen molar-refractivity contribution < 1.29 is 9.18 Å². The second-order valence-corrected chi connectivity index (χ2v) is 7.35. The maximum atomic E-state index is 13.2. The number of Topliss-reactive ketones (excluding diaryl/α,β-unsaturated/α-hetero) is 1. The zero-order valence-corrected chi connectivity index (χ0v) is 13.0. The molecule has 1 aromatic heterocycles. The van der Waals surface area contributed by atoms with Gasteiger partial charge >= 0.3 is 0 Å². The summed E-state index contributed by atoms with van der Waals surface area (Å²) in [6.07, 6.45) is 1.20. The Balaban J connectivity index is 1.82. The summed E-state index contributed by atoms with van der Waals surface area (Å²) in [4.78, 5) is 14.4. The van der Waals surface area contributed by atoms with Crippen molar-refractivity contribution in [3.05, 3.63) is 56.0 Å². The average Bonchev–Trinajstić information content (AvgIpc) is 2.87. The summed E-state index contributed by atoms with van der Waals surface area (Å²) in [7, 11) is 0. The zero-order valence-electron chi connectivity index (χ0n) is 10.6. The van der Waals surface area contributed by atoms with Gasteiger partial charge in [0.2, 0.25) is 0 Å². The molecule has 20 heavy (non-hydrogen) atoms. The molecule has 0 spiro atoms. The van der Waals surface area contributed by atoms with Gasteiger partial charge in [0.15, 0.2) is 5.78 Å². The molecule has 0 atom stereocenters. The van der Waals surface area contributed by atoms with Gasteiger partial charge in [-0.15, -0.1) is 11.3 Å². The van der Waals surface area contributed by atoms with Crippen LogP contribution in [-0.4, -0.2) is 11.5 Å². The van der Waals surface area contributed by atoms with Crippen molar-refractivity contribution in [3.63, 3.8) is 0 Å². The van der Waals surface area contributed by atoms with Crippen molar-refractivity contribution in [1.82, 2.24) is 0 Å². The minimum absolute atomic E-state index is 0.0156. The summed E-state index contributed by atoms with van der Waals surface area (Å²) in [6.45, 7) is 0. The van der Waals surface area contributed by atoms with E-state index in [1.54, 1.807) is 11.3 Å². The molecule has 1 aliphatic rings. The molecule has 1 aliphatic heterocycles. The van der Waals surface area contributed by atoms with Crippen LogP contribution in [0.5, 0.6) is 0 Å². The summed E-state index contributed by atoms with van der Waals surface area (Å²) in [5.41, 5.74) is 1.83. The van der Waals surface area contributed by atoms with Crippen LogP contribution in [0.3, 0.4) is 0 Å². The topological polar surface area (TPSA) is 17.1 Å². The first-order valence-electron chi connectivity index (χ1n) is 6.30. The highest BCUT2D eigenvalue weighted by atomic mass is 35.5. The standard InChI is InChI=1S/C15H12ClFOS2/c16-12-2-1-11(17)5-9(12)6-13(18)15-7-10-8-19-4-3-14(10)20-15/h1-2,5,7H,3-4,6,8H2. The monoisotopic (exact) mass is 326 g/mol. The molecule has 2 aromatic rings. The molecule has 0 aliphatic carbocycles. The molecule has 0 N–H and O–H groups in total. The van der Waals surface area contributed by atoms with Gasteiger partial charge < -0.3 is 0 Å². The van der Waals surface area contributed by atoms with E-state index in [2.05, 4.69) is 0 Å². The summed E-state index contributed by atoms with van der Waals surface area (Å²) in [6, 6.07) is 6.12. The SMILES string of the molecule is O=C(Cc1cc(F)ccc1Cl)c1cc2c(s1)CCSC2. The smallest absolute Gasteiger partial charge is 0.177 e. The van der Waals surface area contributed by atoms with Crippen molar-refractivity contribution in [2.45, 2.75) is 18.6 Å². The number of aryl methyl sites for hydroxylation is 1. The Morgan fingerprint density at radius 3 is 3.00 bits per heavy atom. The Kier molecular flexibility index (Phi) is 4.15. The lowest BCUT2D eigenvalue weighted by Crippen LogP contribution is -2.02. The molecule has 0 unspecified atom stereocenters. The fourth-order valence-corrected chi connectivity index (χ4v) is 4.72. The van der Waals surface area contributed by atoms with Gasteiger partial charge in [-0.25, -0.2) is 4.39 Å². The van der Waals surface area contributed by atoms with E-state index in [9.17, 15) is 9.18 Å². The number of carbonyl (C=O) groups excluding carboxylic acids is 1. The third-order valence-electron chi connectivity index (χ3n) is 3.26. The average molecular weight is 327 g/mol. The van der Waals surface area contributed by atoms with Crippen LogP contribution in [-0.2, 0) is 18.6 Å². The Morgan fingerprint density at radius 1 is 1.35 bits per heavy atom. The first-order chi connectivity index (χ1) is 9.63. The van der Waals surface area contributed by atoms with E-state index in [0.717, 1.165) is 22.8 Å². The minimum Gasteiger partial charge on any atom is -0.293 e. The van der Waals surface area contributed by atoms with Crippen molar-refractivity contribution in [2.75, 3.05) is 5.75 Å². The summed E-state index contributed by atoms with van der Waals surface area (Å²) >= 11 is 9.48. The Morgan fingerprint density at radius 2 is 2.20 bits per heavy atom. The molecule has 1 aromatic carbocycles. The molecule has 2 heterocycles. The van der Waals surface area contributed by atoms with Crippen molar-refractivity contribution in [1.29, 1.82) is 0 Å². The van der Waals surface area contributed by atoms with Crippen molar-refractivity contribution in [3.8, 4) is 0 Å². The number of rotatable bonds is 3. The first-order valence-corrected chi connectivity index (χ1v) is 8.65. The Bertz CT molecular complexity index is 642. The van der Waals surface area contributed by atoms with E-state index in [1.807, 2.05) is 17.8 Å². The highest BCUT2D eigenvalue weighted by Crippen LogP contribution is 2.32. The van der Waals surface area contributed by atoms with Crippen LogP contribution in [0, 0.1) is 5.82 Å². The van der Waals surface area contributed by atoms with Crippen LogP contribution in [0.15, 0.2) is 24.3 Å². The summed E-state index contributed by atoms with van der Waals surface area (Å²) in [5, 5.41) is 0.441. The quantitative estimate of drug-likeness (QED) is 0.757. The molecule has 0 radical (unpaired) electrons. The molecule has 1 nitrogen and oxygen atoms in total. The van der Waals surface area contributed by atoms with Crippen molar-refractivity contribution in [2.24, 2.45) is 0 Å². The number of thioether (sulfide) groups is 1. The molecule has 104 valence electrons. The molecule has 0 saturated carbocycles. The molecular formula is C15H12ClFOS2. The maximum Gasteiger partial charge on any atom is 0.177 e. The molecule has 0 fully saturated rings. The highest BCUT2D eigenvalue weighted by molar-refractivity contribution is 7.98. The Hall–Kier alpha value is -0.840. The normalized spacial score (nSPS) is 14.1. The highest BCUT2D eigenvalue weighted by Gasteiger charge is 2.18. The fourth-order valence-electron chi connectivity index (χ4n) is 2.22. The van der Waals surface area contributed by atoms with Gasteiger partial charge in [0.25, 0.3) is 0 Å². The lowest BCUT2D eigenvalue weighted by atomic mass is 10.1. The lowest BCUT2D eigenvalue weighted by molar-refractivity contribution is 0.0996. The predicted octanol–water partition coefficient (Wildman–Crippen LogP) is 4.76. The number of halogens is 2. The van der Waals surface area contributed by atoms with Gasteiger partial charge in [-0.2, -0.15) is 11.8 Å². The number of hydrogen-bond acceptors (Lipinski definition) is 3. The molecular weight excluding hydrogens is 315 g/mol. The zero-order chi connectivity index (χ0) is 14.1. The summed E-state index contributed by atoms with van der Waals surface area (Å²) in [5.74, 6) is 1.76. The van der Waals surface area contributed by atoms with Crippen LogP contribution in [0.4, 0.5) is 4.39 Å². The number of carbonyl (C=O) groups is 1. The number of thiophene rings is 1. The van der Waals surface area contributed by atoms with Gasteiger partial charge in [0.1, 0.15) is 5.82 Å². The third kappa shape index (κ3) is 2.92. The van der Waals surface area contributed by atoms with Gasteiger partial charge in [-0.05, 0) is 47.6 Å². The molecule has 5 heteroatoms. The number of hydrogen-bond donors (Lipinski definition) is 0. The molecule has 0 bridgehead atoms. The molecule has 0 amide bonds. The van der Waals surface area contributed by atoms with Gasteiger partial charge in [0, 0.05) is 22.1 Å². The second-order valence-electron chi connectivity index (χ2n) is 4.70. The third-order valence-corrected chi connectivity index (χ3v) is 5.92. The van der Waals surface area contributed by atoms with Crippen LogP contribution in [0.1, 0.15) is 25.7 Å². The van der Waals surface area contributed by atoms with Gasteiger partial charge in [-0.1, -0.05) is 11.6 Å². The van der Waals surface area contributed by atoms with Crippen molar-refractivity contribution >= 4 is 40.5 Å². The maximum absolute atomic E-state index is 13.2. The number of benzene rings is 1. The lowest BCUT2D eigenvalue weighted by Gasteiger charge is -2.08. The van der Waals surface area contributed by atoms with Gasteiger partial charge in [-0.3, -0.25) is 4.79 Å². The first kappa shape index (κ1) is 14.1.